The monoisotopic (exact) mass is 248 g/mol. The summed E-state index contributed by atoms with van der Waals surface area (Å²) in [5.74, 6) is 0.841. The molecule has 0 aliphatic heterocycles. The number of aromatic nitrogens is 1. The van der Waals surface area contributed by atoms with Crippen LogP contribution in [-0.2, 0) is 0 Å². The van der Waals surface area contributed by atoms with E-state index in [0.717, 1.165) is 10.8 Å². The second kappa shape index (κ2) is 4.90. The predicted molar refractivity (Wildman–Crippen MR) is 77.1 cm³/mol. The molecule has 0 saturated heterocycles. The minimum atomic E-state index is 0.221. The van der Waals surface area contributed by atoms with E-state index >= 15 is 0 Å². The summed E-state index contributed by atoms with van der Waals surface area (Å²) in [6.45, 7) is 0. The van der Waals surface area contributed by atoms with Crippen LogP contribution in [0.15, 0.2) is 65.8 Å². The molecule has 3 nitrogen and oxygen atoms in total. The summed E-state index contributed by atoms with van der Waals surface area (Å²) in [6, 6.07) is 17.0. The summed E-state index contributed by atoms with van der Waals surface area (Å²) in [6.07, 6.45) is 3.34. The summed E-state index contributed by atoms with van der Waals surface area (Å²) in [7, 11) is 0. The van der Waals surface area contributed by atoms with Crippen molar-refractivity contribution in [1.82, 2.24) is 4.98 Å². The molecule has 1 heterocycles. The molecule has 1 aromatic heterocycles. The number of phenols is 1. The Labute approximate surface area is 110 Å². The molecule has 19 heavy (non-hydrogen) atoms. The first kappa shape index (κ1) is 11.4. The predicted octanol–water partition coefficient (Wildman–Crippen LogP) is 3.69. The minimum absolute atomic E-state index is 0.221. The molecular formula is C16H12N2O. The van der Waals surface area contributed by atoms with E-state index in [1.54, 1.807) is 18.5 Å². The highest BCUT2D eigenvalue weighted by Crippen LogP contribution is 2.25. The number of aromatic hydroxyl groups is 1. The number of fused-ring (bicyclic) bond motifs is 1. The molecule has 92 valence electrons. The second-order valence-corrected chi connectivity index (χ2v) is 4.17. The third-order valence-corrected chi connectivity index (χ3v) is 2.92. The van der Waals surface area contributed by atoms with Crippen molar-refractivity contribution in [2.45, 2.75) is 0 Å². The lowest BCUT2D eigenvalue weighted by Crippen LogP contribution is -1.86. The van der Waals surface area contributed by atoms with E-state index in [-0.39, 0.29) is 5.75 Å². The molecule has 0 unspecified atom stereocenters. The van der Waals surface area contributed by atoms with Crippen LogP contribution in [0.25, 0.3) is 10.8 Å². The van der Waals surface area contributed by atoms with Crippen molar-refractivity contribution < 1.29 is 5.11 Å². The van der Waals surface area contributed by atoms with Gasteiger partial charge in [-0.3, -0.25) is 0 Å². The zero-order valence-corrected chi connectivity index (χ0v) is 10.2. The molecule has 0 amide bonds. The van der Waals surface area contributed by atoms with Crippen LogP contribution in [0.3, 0.4) is 0 Å². The highest BCUT2D eigenvalue weighted by atomic mass is 16.3. The van der Waals surface area contributed by atoms with Crippen LogP contribution in [0.4, 0.5) is 5.82 Å². The van der Waals surface area contributed by atoms with Crippen LogP contribution in [0.2, 0.25) is 0 Å². The normalized spacial score (nSPS) is 11.2. The number of hydrogen-bond acceptors (Lipinski definition) is 3. The highest BCUT2D eigenvalue weighted by Gasteiger charge is 2.04. The largest absolute Gasteiger partial charge is 0.507 e. The van der Waals surface area contributed by atoms with E-state index in [4.69, 9.17) is 0 Å². The van der Waals surface area contributed by atoms with Gasteiger partial charge in [0.2, 0.25) is 0 Å². The molecule has 3 rings (SSSR count). The van der Waals surface area contributed by atoms with Crippen molar-refractivity contribution in [2.24, 2.45) is 4.99 Å². The van der Waals surface area contributed by atoms with Crippen LogP contribution < -0.4 is 0 Å². The number of benzene rings is 2. The highest BCUT2D eigenvalue weighted by molar-refractivity contribution is 6.02. The lowest BCUT2D eigenvalue weighted by Gasteiger charge is -2.04. The van der Waals surface area contributed by atoms with E-state index in [1.807, 2.05) is 48.5 Å². The van der Waals surface area contributed by atoms with Crippen LogP contribution in [0, 0.1) is 0 Å². The molecule has 2 aromatic carbocycles. The van der Waals surface area contributed by atoms with Crippen LogP contribution in [0.1, 0.15) is 5.56 Å². The lowest BCUT2D eigenvalue weighted by molar-refractivity contribution is 0.475. The van der Waals surface area contributed by atoms with Crippen molar-refractivity contribution in [2.75, 3.05) is 0 Å². The maximum absolute atomic E-state index is 9.97. The molecule has 1 N–H and O–H groups in total. The van der Waals surface area contributed by atoms with Crippen molar-refractivity contribution in [1.29, 1.82) is 0 Å². The Hall–Kier alpha value is -2.68. The van der Waals surface area contributed by atoms with E-state index in [9.17, 15) is 5.11 Å². The van der Waals surface area contributed by atoms with Gasteiger partial charge in [-0.25, -0.2) is 9.98 Å². The molecule has 0 spiro atoms. The van der Waals surface area contributed by atoms with Gasteiger partial charge in [0.1, 0.15) is 5.75 Å². The quantitative estimate of drug-likeness (QED) is 0.703. The van der Waals surface area contributed by atoms with Gasteiger partial charge >= 0.3 is 0 Å². The first-order valence-corrected chi connectivity index (χ1v) is 6.00. The lowest BCUT2D eigenvalue weighted by atomic mass is 10.0. The molecule has 0 aliphatic carbocycles. The number of aliphatic imine (C=N–C) groups is 1. The maximum Gasteiger partial charge on any atom is 0.151 e. The number of rotatable bonds is 2. The van der Waals surface area contributed by atoms with E-state index in [1.165, 1.54) is 0 Å². The Bertz CT molecular complexity index is 736. The van der Waals surface area contributed by atoms with Crippen molar-refractivity contribution in [3.8, 4) is 5.75 Å². The molecule has 0 aliphatic rings. The Kier molecular flexibility index (Phi) is 2.94. The number of pyridine rings is 1. The second-order valence-electron chi connectivity index (χ2n) is 4.17. The standard InChI is InChI=1S/C16H12N2O/c19-15-9-8-12-5-1-2-6-13(12)14(15)11-18-16-7-3-4-10-17-16/h1-11,19H/b18-11+. The van der Waals surface area contributed by atoms with Crippen LogP contribution in [0.5, 0.6) is 5.75 Å². The average molecular weight is 248 g/mol. The molecule has 3 heteroatoms. The molecular weight excluding hydrogens is 236 g/mol. The summed E-state index contributed by atoms with van der Waals surface area (Å²) < 4.78 is 0. The van der Waals surface area contributed by atoms with Crippen LogP contribution in [-0.4, -0.2) is 16.3 Å². The van der Waals surface area contributed by atoms with E-state index in [2.05, 4.69) is 9.98 Å². The van der Waals surface area contributed by atoms with Crippen molar-refractivity contribution >= 4 is 22.8 Å². The molecule has 0 radical (unpaired) electrons. The Morgan fingerprint density at radius 2 is 1.79 bits per heavy atom. The third kappa shape index (κ3) is 2.31. The Balaban J connectivity index is 2.10. The van der Waals surface area contributed by atoms with Crippen molar-refractivity contribution in [3.05, 3.63) is 66.4 Å². The summed E-state index contributed by atoms with van der Waals surface area (Å²) in [5, 5.41) is 12.0. The van der Waals surface area contributed by atoms with Gasteiger partial charge in [0.05, 0.1) is 0 Å². The topological polar surface area (TPSA) is 45.5 Å². The van der Waals surface area contributed by atoms with E-state index < -0.39 is 0 Å². The zero-order valence-electron chi connectivity index (χ0n) is 10.2. The molecule has 0 saturated carbocycles. The molecule has 0 atom stereocenters. The first-order chi connectivity index (χ1) is 9.34. The molecule has 0 bridgehead atoms. The fraction of sp³-hybridized carbons (Fsp3) is 0. The van der Waals surface area contributed by atoms with Gasteiger partial charge in [-0.2, -0.15) is 0 Å². The third-order valence-electron chi connectivity index (χ3n) is 2.92. The number of hydrogen-bond donors (Lipinski definition) is 1. The van der Waals surface area contributed by atoms with Crippen molar-refractivity contribution in [3.63, 3.8) is 0 Å². The fourth-order valence-corrected chi connectivity index (χ4v) is 1.98. The zero-order chi connectivity index (χ0) is 13.1. The van der Waals surface area contributed by atoms with Gasteiger partial charge in [-0.1, -0.05) is 36.4 Å². The smallest absolute Gasteiger partial charge is 0.151 e. The summed E-state index contributed by atoms with van der Waals surface area (Å²) >= 11 is 0. The van der Waals surface area contributed by atoms with Gasteiger partial charge in [0.25, 0.3) is 0 Å². The van der Waals surface area contributed by atoms with Gasteiger partial charge < -0.3 is 5.11 Å². The van der Waals surface area contributed by atoms with Gasteiger partial charge in [0.15, 0.2) is 5.82 Å². The number of nitrogens with zero attached hydrogens (tertiary/aromatic N) is 2. The SMILES string of the molecule is Oc1ccc2ccccc2c1/C=N/c1ccccn1. The van der Waals surface area contributed by atoms with E-state index in [0.29, 0.717) is 11.4 Å². The minimum Gasteiger partial charge on any atom is -0.507 e. The fourth-order valence-electron chi connectivity index (χ4n) is 1.98. The van der Waals surface area contributed by atoms with Gasteiger partial charge in [-0.15, -0.1) is 0 Å². The Morgan fingerprint density at radius 1 is 0.947 bits per heavy atom. The average Bonchev–Trinajstić information content (AvgIpc) is 2.47. The maximum atomic E-state index is 9.97. The summed E-state index contributed by atoms with van der Waals surface area (Å²) in [5.41, 5.74) is 0.712. The van der Waals surface area contributed by atoms with Gasteiger partial charge in [-0.05, 0) is 29.0 Å². The first-order valence-electron chi connectivity index (χ1n) is 6.00. The molecule has 3 aromatic rings. The molecule has 0 fully saturated rings. The number of phenolic OH excluding ortho intramolecular Hbond substituents is 1. The van der Waals surface area contributed by atoms with Crippen LogP contribution >= 0.6 is 0 Å². The Morgan fingerprint density at radius 3 is 2.63 bits per heavy atom. The summed E-state index contributed by atoms with van der Waals surface area (Å²) in [4.78, 5) is 8.42. The van der Waals surface area contributed by atoms with Gasteiger partial charge in [0, 0.05) is 18.0 Å².